The average Bonchev–Trinajstić information content (AvgIpc) is 2.27. The monoisotopic (exact) mass is 236 g/mol. The van der Waals surface area contributed by atoms with E-state index in [1.165, 1.54) is 0 Å². The van der Waals surface area contributed by atoms with E-state index in [9.17, 15) is 9.90 Å². The molecule has 0 aliphatic heterocycles. The summed E-state index contributed by atoms with van der Waals surface area (Å²) in [6.07, 6.45) is 1.21. The van der Waals surface area contributed by atoms with Crippen LogP contribution in [0.15, 0.2) is 18.2 Å². The Bertz CT molecular complexity index is 383. The van der Waals surface area contributed by atoms with E-state index < -0.39 is 0 Å². The van der Waals surface area contributed by atoms with E-state index in [1.54, 1.807) is 19.2 Å². The van der Waals surface area contributed by atoms with E-state index in [4.69, 9.17) is 4.74 Å². The van der Waals surface area contributed by atoms with Crippen molar-refractivity contribution < 1.29 is 14.6 Å². The molecular formula is C14H20O3. The van der Waals surface area contributed by atoms with Gasteiger partial charge in [0.25, 0.3) is 0 Å². The minimum absolute atomic E-state index is 0.00299. The number of ether oxygens (including phenoxy) is 1. The minimum atomic E-state index is -0.00299. The van der Waals surface area contributed by atoms with Gasteiger partial charge in [-0.3, -0.25) is 4.79 Å². The van der Waals surface area contributed by atoms with Crippen LogP contribution in [-0.2, 0) is 11.2 Å². The van der Waals surface area contributed by atoms with Crippen LogP contribution in [0.25, 0.3) is 0 Å². The van der Waals surface area contributed by atoms with Crippen LogP contribution >= 0.6 is 0 Å². The highest BCUT2D eigenvalue weighted by Crippen LogP contribution is 2.22. The fourth-order valence-corrected chi connectivity index (χ4v) is 1.66. The van der Waals surface area contributed by atoms with Gasteiger partial charge >= 0.3 is 0 Å². The number of phenols is 1. The van der Waals surface area contributed by atoms with E-state index in [0.29, 0.717) is 24.5 Å². The van der Waals surface area contributed by atoms with Crippen molar-refractivity contribution in [1.82, 2.24) is 0 Å². The Balaban J connectivity index is 2.86. The summed E-state index contributed by atoms with van der Waals surface area (Å²) in [4.78, 5) is 11.9. The molecule has 1 aromatic rings. The van der Waals surface area contributed by atoms with Gasteiger partial charge in [0.05, 0.1) is 12.2 Å². The third-order valence-electron chi connectivity index (χ3n) is 2.55. The molecule has 0 atom stereocenters. The molecule has 0 radical (unpaired) electrons. The maximum absolute atomic E-state index is 11.9. The molecule has 0 aliphatic rings. The smallest absolute Gasteiger partial charge is 0.166 e. The second-order valence-corrected chi connectivity index (χ2v) is 4.62. The number of rotatable bonds is 6. The highest BCUT2D eigenvalue weighted by molar-refractivity contribution is 5.98. The molecule has 3 heteroatoms. The third-order valence-corrected chi connectivity index (χ3v) is 2.55. The Hall–Kier alpha value is -1.35. The molecule has 1 N–H and O–H groups in total. The van der Waals surface area contributed by atoms with E-state index in [0.717, 1.165) is 12.0 Å². The molecule has 0 amide bonds. The topological polar surface area (TPSA) is 46.5 Å². The fraction of sp³-hybridized carbons (Fsp3) is 0.500. The molecule has 3 nitrogen and oxygen atoms in total. The molecule has 0 spiro atoms. The summed E-state index contributed by atoms with van der Waals surface area (Å²) < 4.78 is 4.99. The summed E-state index contributed by atoms with van der Waals surface area (Å²) in [5.41, 5.74) is 1.43. The Kier molecular flexibility index (Phi) is 5.16. The van der Waals surface area contributed by atoms with Gasteiger partial charge in [-0.2, -0.15) is 0 Å². The van der Waals surface area contributed by atoms with Crippen LogP contribution in [0.5, 0.6) is 5.75 Å². The zero-order valence-electron chi connectivity index (χ0n) is 10.7. The normalized spacial score (nSPS) is 10.8. The van der Waals surface area contributed by atoms with Gasteiger partial charge < -0.3 is 9.84 Å². The second kappa shape index (κ2) is 6.40. The first kappa shape index (κ1) is 13.7. The lowest BCUT2D eigenvalue weighted by Gasteiger charge is -2.08. The van der Waals surface area contributed by atoms with Crippen molar-refractivity contribution in [3.8, 4) is 5.75 Å². The van der Waals surface area contributed by atoms with Crippen molar-refractivity contribution in [1.29, 1.82) is 0 Å². The van der Waals surface area contributed by atoms with Gasteiger partial charge in [0.15, 0.2) is 5.78 Å². The van der Waals surface area contributed by atoms with Crippen molar-refractivity contribution in [3.63, 3.8) is 0 Å². The quantitative estimate of drug-likeness (QED) is 0.772. The first-order valence-corrected chi connectivity index (χ1v) is 5.88. The number of hydrogen-bond acceptors (Lipinski definition) is 3. The summed E-state index contributed by atoms with van der Waals surface area (Å²) in [6.45, 7) is 4.59. The largest absolute Gasteiger partial charge is 0.507 e. The van der Waals surface area contributed by atoms with Crippen LogP contribution < -0.4 is 0 Å². The standard InChI is InChI=1S/C14H20O3/c1-10(2)8-14(16)12-9-11(6-7-17-3)4-5-13(12)15/h4-5,9-10,15H,6-8H2,1-3H3. The number of benzene rings is 1. The van der Waals surface area contributed by atoms with Crippen LogP contribution in [-0.4, -0.2) is 24.6 Å². The number of methoxy groups -OCH3 is 1. The lowest BCUT2D eigenvalue weighted by molar-refractivity contribution is 0.0965. The Morgan fingerprint density at radius 1 is 1.41 bits per heavy atom. The molecule has 0 saturated heterocycles. The van der Waals surface area contributed by atoms with E-state index in [1.807, 2.05) is 19.9 Å². The SMILES string of the molecule is COCCc1ccc(O)c(C(=O)CC(C)C)c1. The molecule has 1 aromatic carbocycles. The zero-order valence-corrected chi connectivity index (χ0v) is 10.7. The van der Waals surface area contributed by atoms with Gasteiger partial charge in [0.1, 0.15) is 5.75 Å². The predicted molar refractivity (Wildman–Crippen MR) is 67.5 cm³/mol. The van der Waals surface area contributed by atoms with E-state index >= 15 is 0 Å². The molecule has 0 aliphatic carbocycles. The van der Waals surface area contributed by atoms with Gasteiger partial charge in [-0.15, -0.1) is 0 Å². The molecule has 94 valence electrons. The van der Waals surface area contributed by atoms with Crippen molar-refractivity contribution in [2.24, 2.45) is 5.92 Å². The molecular weight excluding hydrogens is 216 g/mol. The predicted octanol–water partition coefficient (Wildman–Crippen LogP) is 2.81. The van der Waals surface area contributed by atoms with Crippen LogP contribution in [0.4, 0.5) is 0 Å². The van der Waals surface area contributed by atoms with Crippen molar-refractivity contribution >= 4 is 5.78 Å². The number of Topliss-reactive ketones (excluding diaryl/α,β-unsaturated/α-hetero) is 1. The summed E-state index contributed by atoms with van der Waals surface area (Å²) in [5, 5.41) is 9.69. The number of ketones is 1. The van der Waals surface area contributed by atoms with E-state index in [2.05, 4.69) is 0 Å². The Labute approximate surface area is 102 Å². The van der Waals surface area contributed by atoms with E-state index in [-0.39, 0.29) is 11.5 Å². The molecule has 0 fully saturated rings. The number of aromatic hydroxyl groups is 1. The molecule has 0 saturated carbocycles. The van der Waals surface area contributed by atoms with Crippen LogP contribution in [0.1, 0.15) is 36.2 Å². The number of carbonyl (C=O) groups is 1. The fourth-order valence-electron chi connectivity index (χ4n) is 1.66. The molecule has 0 bridgehead atoms. The molecule has 0 heterocycles. The highest BCUT2D eigenvalue weighted by atomic mass is 16.5. The van der Waals surface area contributed by atoms with Gasteiger partial charge in [-0.1, -0.05) is 19.9 Å². The molecule has 0 unspecified atom stereocenters. The van der Waals surface area contributed by atoms with Gasteiger partial charge in [0, 0.05) is 13.5 Å². The average molecular weight is 236 g/mol. The Morgan fingerprint density at radius 2 is 2.12 bits per heavy atom. The van der Waals surface area contributed by atoms with Gasteiger partial charge in [0.2, 0.25) is 0 Å². The van der Waals surface area contributed by atoms with Gasteiger partial charge in [-0.05, 0) is 30.0 Å². The summed E-state index contributed by atoms with van der Waals surface area (Å²) in [5.74, 6) is 0.359. The van der Waals surface area contributed by atoms with Gasteiger partial charge in [-0.25, -0.2) is 0 Å². The third kappa shape index (κ3) is 4.19. The van der Waals surface area contributed by atoms with Crippen molar-refractivity contribution in [3.05, 3.63) is 29.3 Å². The molecule has 17 heavy (non-hydrogen) atoms. The van der Waals surface area contributed by atoms with Crippen molar-refractivity contribution in [2.75, 3.05) is 13.7 Å². The number of carbonyl (C=O) groups excluding carboxylic acids is 1. The van der Waals surface area contributed by atoms with Crippen LogP contribution in [0.3, 0.4) is 0 Å². The van der Waals surface area contributed by atoms with Crippen LogP contribution in [0.2, 0.25) is 0 Å². The maximum atomic E-state index is 11.9. The second-order valence-electron chi connectivity index (χ2n) is 4.62. The Morgan fingerprint density at radius 3 is 2.71 bits per heavy atom. The molecule has 0 aromatic heterocycles. The zero-order chi connectivity index (χ0) is 12.8. The minimum Gasteiger partial charge on any atom is -0.507 e. The number of hydrogen-bond donors (Lipinski definition) is 1. The lowest BCUT2D eigenvalue weighted by atomic mass is 9.98. The first-order chi connectivity index (χ1) is 8.04. The maximum Gasteiger partial charge on any atom is 0.166 e. The number of phenolic OH excluding ortho intramolecular Hbond substituents is 1. The summed E-state index contributed by atoms with van der Waals surface area (Å²) in [6, 6.07) is 5.16. The highest BCUT2D eigenvalue weighted by Gasteiger charge is 2.13. The van der Waals surface area contributed by atoms with Crippen molar-refractivity contribution in [2.45, 2.75) is 26.7 Å². The summed E-state index contributed by atoms with van der Waals surface area (Å²) in [7, 11) is 1.64. The lowest BCUT2D eigenvalue weighted by Crippen LogP contribution is -2.05. The first-order valence-electron chi connectivity index (χ1n) is 5.88. The van der Waals surface area contributed by atoms with Crippen LogP contribution in [0, 0.1) is 5.92 Å². The molecule has 1 rings (SSSR count). The summed E-state index contributed by atoms with van der Waals surface area (Å²) >= 11 is 0.